The number of pyridine rings is 1. The molecule has 0 fully saturated rings. The van der Waals surface area contributed by atoms with Crippen LogP contribution in [0.3, 0.4) is 0 Å². The summed E-state index contributed by atoms with van der Waals surface area (Å²) in [5.74, 6) is -0.785. The number of hydrogen-bond acceptors (Lipinski definition) is 4. The smallest absolute Gasteiger partial charge is 0.303 e. The van der Waals surface area contributed by atoms with E-state index in [-0.39, 0.29) is 6.42 Å². The van der Waals surface area contributed by atoms with Crippen molar-refractivity contribution in [2.45, 2.75) is 12.8 Å². The van der Waals surface area contributed by atoms with Gasteiger partial charge in [0.15, 0.2) is 4.96 Å². The van der Waals surface area contributed by atoms with Gasteiger partial charge in [0.25, 0.3) is 0 Å². The van der Waals surface area contributed by atoms with Crippen molar-refractivity contribution in [2.75, 3.05) is 0 Å². The second-order valence-corrected chi connectivity index (χ2v) is 4.98. The van der Waals surface area contributed by atoms with Gasteiger partial charge in [-0.2, -0.15) is 0 Å². The molecule has 0 saturated heterocycles. The van der Waals surface area contributed by atoms with Gasteiger partial charge in [-0.3, -0.25) is 14.2 Å². The molecular formula is C13H11N3O2S. The van der Waals surface area contributed by atoms with Crippen molar-refractivity contribution >= 4 is 22.3 Å². The van der Waals surface area contributed by atoms with E-state index in [1.807, 2.05) is 28.1 Å². The molecule has 5 nitrogen and oxygen atoms in total. The molecule has 3 aromatic rings. The molecule has 0 aromatic carbocycles. The highest BCUT2D eigenvalue weighted by molar-refractivity contribution is 7.15. The number of fused-ring (bicyclic) bond motifs is 1. The van der Waals surface area contributed by atoms with E-state index in [2.05, 4.69) is 9.97 Å². The molecule has 0 saturated carbocycles. The van der Waals surface area contributed by atoms with Crippen LogP contribution >= 0.6 is 11.3 Å². The number of carboxylic acid groups (broad SMARTS) is 1. The summed E-state index contributed by atoms with van der Waals surface area (Å²) < 4.78 is 1.95. The zero-order chi connectivity index (χ0) is 13.2. The largest absolute Gasteiger partial charge is 0.481 e. The topological polar surface area (TPSA) is 67.5 Å². The van der Waals surface area contributed by atoms with Crippen molar-refractivity contribution in [2.24, 2.45) is 0 Å². The molecule has 0 aliphatic heterocycles. The van der Waals surface area contributed by atoms with E-state index < -0.39 is 5.97 Å². The Morgan fingerprint density at radius 1 is 1.47 bits per heavy atom. The SMILES string of the molecule is O=C(O)CCc1csc2nc(-c3cccnc3)cn12. The van der Waals surface area contributed by atoms with Crippen LogP contribution in [0.1, 0.15) is 12.1 Å². The predicted molar refractivity (Wildman–Crippen MR) is 72.3 cm³/mol. The van der Waals surface area contributed by atoms with Crippen molar-refractivity contribution in [3.8, 4) is 11.3 Å². The Labute approximate surface area is 113 Å². The number of imidazole rings is 1. The number of aromatic nitrogens is 3. The third-order valence-electron chi connectivity index (χ3n) is 2.84. The Morgan fingerprint density at radius 3 is 3.11 bits per heavy atom. The van der Waals surface area contributed by atoms with E-state index in [4.69, 9.17) is 5.11 Å². The van der Waals surface area contributed by atoms with Crippen LogP contribution in [0, 0.1) is 0 Å². The number of aryl methyl sites for hydroxylation is 1. The standard InChI is InChI=1S/C13H11N3O2S/c17-12(18)4-3-10-8-19-13-15-11(7-16(10)13)9-2-1-5-14-6-9/h1-2,5-8H,3-4H2,(H,17,18). The summed E-state index contributed by atoms with van der Waals surface area (Å²) in [6, 6.07) is 3.82. The number of aliphatic carboxylic acids is 1. The fourth-order valence-corrected chi connectivity index (χ4v) is 2.80. The quantitative estimate of drug-likeness (QED) is 0.793. The summed E-state index contributed by atoms with van der Waals surface area (Å²) in [6.45, 7) is 0. The summed E-state index contributed by atoms with van der Waals surface area (Å²) in [4.78, 5) is 20.1. The van der Waals surface area contributed by atoms with E-state index in [1.54, 1.807) is 12.4 Å². The number of nitrogens with zero attached hydrogens (tertiary/aromatic N) is 3. The Hall–Kier alpha value is -2.21. The average Bonchev–Trinajstić information content (AvgIpc) is 2.97. The monoisotopic (exact) mass is 273 g/mol. The zero-order valence-corrected chi connectivity index (χ0v) is 10.8. The second kappa shape index (κ2) is 4.81. The van der Waals surface area contributed by atoms with Crippen molar-refractivity contribution in [3.63, 3.8) is 0 Å². The minimum Gasteiger partial charge on any atom is -0.481 e. The summed E-state index contributed by atoms with van der Waals surface area (Å²) >= 11 is 1.52. The molecule has 0 spiro atoms. The van der Waals surface area contributed by atoms with Gasteiger partial charge in [-0.25, -0.2) is 4.98 Å². The van der Waals surface area contributed by atoms with Gasteiger partial charge in [0.2, 0.25) is 0 Å². The van der Waals surface area contributed by atoms with Crippen LogP contribution in [0.15, 0.2) is 36.1 Å². The van der Waals surface area contributed by atoms with Crippen LogP contribution < -0.4 is 0 Å². The molecule has 19 heavy (non-hydrogen) atoms. The van der Waals surface area contributed by atoms with E-state index in [0.717, 1.165) is 21.9 Å². The lowest BCUT2D eigenvalue weighted by Crippen LogP contribution is -1.99. The lowest BCUT2D eigenvalue weighted by molar-refractivity contribution is -0.136. The van der Waals surface area contributed by atoms with Gasteiger partial charge >= 0.3 is 5.97 Å². The minimum atomic E-state index is -0.785. The predicted octanol–water partition coefficient (Wildman–Crippen LogP) is 2.48. The van der Waals surface area contributed by atoms with Gasteiger partial charge in [0, 0.05) is 35.2 Å². The van der Waals surface area contributed by atoms with Crippen molar-refractivity contribution in [1.82, 2.24) is 14.4 Å². The maximum atomic E-state index is 10.6. The Morgan fingerprint density at radius 2 is 2.37 bits per heavy atom. The maximum absolute atomic E-state index is 10.6. The van der Waals surface area contributed by atoms with Crippen molar-refractivity contribution in [3.05, 3.63) is 41.8 Å². The molecule has 96 valence electrons. The molecule has 3 rings (SSSR count). The minimum absolute atomic E-state index is 0.131. The molecule has 0 bridgehead atoms. The lowest BCUT2D eigenvalue weighted by Gasteiger charge is -1.96. The number of carboxylic acids is 1. The first-order valence-electron chi connectivity index (χ1n) is 5.82. The van der Waals surface area contributed by atoms with E-state index >= 15 is 0 Å². The number of thiazole rings is 1. The summed E-state index contributed by atoms with van der Waals surface area (Å²) in [5.41, 5.74) is 2.80. The summed E-state index contributed by atoms with van der Waals surface area (Å²) in [7, 11) is 0. The van der Waals surface area contributed by atoms with Crippen LogP contribution in [0.5, 0.6) is 0 Å². The van der Waals surface area contributed by atoms with E-state index in [0.29, 0.717) is 6.42 Å². The number of carbonyl (C=O) groups is 1. The second-order valence-electron chi connectivity index (χ2n) is 4.14. The number of rotatable bonds is 4. The fourth-order valence-electron chi connectivity index (χ4n) is 1.90. The highest BCUT2D eigenvalue weighted by atomic mass is 32.1. The third kappa shape index (κ3) is 2.34. The Bertz CT molecular complexity index is 718. The highest BCUT2D eigenvalue weighted by Gasteiger charge is 2.10. The molecule has 0 aliphatic rings. The Balaban J connectivity index is 1.96. The van der Waals surface area contributed by atoms with E-state index in [9.17, 15) is 4.79 Å². The van der Waals surface area contributed by atoms with Gasteiger partial charge in [-0.1, -0.05) is 0 Å². The highest BCUT2D eigenvalue weighted by Crippen LogP contribution is 2.23. The summed E-state index contributed by atoms with van der Waals surface area (Å²) in [5, 5.41) is 10.7. The van der Waals surface area contributed by atoms with E-state index in [1.165, 1.54) is 11.3 Å². The Kier molecular flexibility index (Phi) is 3.00. The molecule has 0 radical (unpaired) electrons. The van der Waals surface area contributed by atoms with Crippen LogP contribution in [0.2, 0.25) is 0 Å². The van der Waals surface area contributed by atoms with Gasteiger partial charge in [-0.05, 0) is 18.6 Å². The van der Waals surface area contributed by atoms with Gasteiger partial charge < -0.3 is 5.11 Å². The maximum Gasteiger partial charge on any atom is 0.303 e. The molecule has 3 aromatic heterocycles. The van der Waals surface area contributed by atoms with Gasteiger partial charge in [0.1, 0.15) is 0 Å². The molecule has 1 N–H and O–H groups in total. The number of hydrogen-bond donors (Lipinski definition) is 1. The van der Waals surface area contributed by atoms with Gasteiger partial charge in [-0.15, -0.1) is 11.3 Å². The van der Waals surface area contributed by atoms with Crippen LogP contribution in [-0.4, -0.2) is 25.4 Å². The molecule has 0 aliphatic carbocycles. The lowest BCUT2D eigenvalue weighted by atomic mass is 10.2. The zero-order valence-electron chi connectivity index (χ0n) is 9.98. The van der Waals surface area contributed by atoms with Gasteiger partial charge in [0.05, 0.1) is 12.1 Å². The first kappa shape index (κ1) is 11.9. The molecule has 6 heteroatoms. The molecule has 0 unspecified atom stereocenters. The van der Waals surface area contributed by atoms with Crippen LogP contribution in [0.25, 0.3) is 16.2 Å². The molecule has 0 atom stereocenters. The van der Waals surface area contributed by atoms with Crippen molar-refractivity contribution < 1.29 is 9.90 Å². The third-order valence-corrected chi connectivity index (χ3v) is 3.72. The van der Waals surface area contributed by atoms with Crippen LogP contribution in [0.4, 0.5) is 0 Å². The molecule has 3 heterocycles. The summed E-state index contributed by atoms with van der Waals surface area (Å²) in [6.07, 6.45) is 6.06. The first-order chi connectivity index (χ1) is 9.24. The van der Waals surface area contributed by atoms with Crippen molar-refractivity contribution in [1.29, 1.82) is 0 Å². The average molecular weight is 273 g/mol. The molecule has 0 amide bonds. The normalized spacial score (nSPS) is 10.9. The first-order valence-corrected chi connectivity index (χ1v) is 6.69. The molecular weight excluding hydrogens is 262 g/mol. The fraction of sp³-hybridized carbons (Fsp3) is 0.154. The van der Waals surface area contributed by atoms with Crippen LogP contribution in [-0.2, 0) is 11.2 Å².